The lowest BCUT2D eigenvalue weighted by molar-refractivity contribution is -0.909. The smallest absolute Gasteiger partial charge is 0.325 e. The van der Waals surface area contributed by atoms with Gasteiger partial charge in [0.15, 0.2) is 0 Å². The van der Waals surface area contributed by atoms with Gasteiger partial charge in [-0.25, -0.2) is 0 Å². The van der Waals surface area contributed by atoms with Crippen LogP contribution in [0.1, 0.15) is 48.9 Å². The van der Waals surface area contributed by atoms with Crippen molar-refractivity contribution in [3.05, 3.63) is 47.3 Å². The average molecular weight is 401 g/mol. The predicted molar refractivity (Wildman–Crippen MR) is 112 cm³/mol. The van der Waals surface area contributed by atoms with Gasteiger partial charge in [0.05, 0.1) is 17.9 Å². The summed E-state index contributed by atoms with van der Waals surface area (Å²) in [6.07, 6.45) is 2.11. The Bertz CT molecular complexity index is 904. The van der Waals surface area contributed by atoms with Gasteiger partial charge in [-0.1, -0.05) is 0 Å². The zero-order valence-electron chi connectivity index (χ0n) is 17.3. The first kappa shape index (κ1) is 22.2. The Labute approximate surface area is 170 Å². The van der Waals surface area contributed by atoms with Crippen LogP contribution in [0.4, 0.5) is 11.4 Å². The number of carbonyl (C=O) groups excluding carboxylic acids is 1. The molecule has 0 saturated heterocycles. The summed E-state index contributed by atoms with van der Waals surface area (Å²) in [6.45, 7) is 7.79. The molecule has 1 aromatic carbocycles. The van der Waals surface area contributed by atoms with E-state index in [-0.39, 0.29) is 5.69 Å². The second kappa shape index (κ2) is 9.38. The summed E-state index contributed by atoms with van der Waals surface area (Å²) in [5.41, 5.74) is 7.39. The molecule has 5 N–H and O–H groups in total. The molecule has 0 aliphatic rings. The lowest BCUT2D eigenvalue weighted by atomic mass is 10.1. The second-order valence-electron chi connectivity index (χ2n) is 7.33. The molecule has 8 heteroatoms. The van der Waals surface area contributed by atoms with E-state index >= 15 is 0 Å². The summed E-state index contributed by atoms with van der Waals surface area (Å²) in [4.78, 5) is 17.0. The van der Waals surface area contributed by atoms with Gasteiger partial charge in [0.25, 0.3) is 0 Å². The highest BCUT2D eigenvalue weighted by Crippen LogP contribution is 2.30. The average Bonchev–Trinajstić information content (AvgIpc) is 2.63. The summed E-state index contributed by atoms with van der Waals surface area (Å²) in [5, 5.41) is 22.6. The number of pyridine rings is 1. The quantitative estimate of drug-likeness (QED) is 0.234. The number of aliphatic imine (C=N–C) groups is 1. The van der Waals surface area contributed by atoms with Gasteiger partial charge in [-0.3, -0.25) is 15.0 Å². The van der Waals surface area contributed by atoms with E-state index in [1.807, 2.05) is 6.92 Å². The third kappa shape index (κ3) is 6.18. The highest BCUT2D eigenvalue weighted by atomic mass is 16.5. The predicted octanol–water partition coefficient (Wildman–Crippen LogP) is 2.33. The molecule has 1 amide bonds. The fraction of sp³-hybridized carbons (Fsp3) is 0.381. The summed E-state index contributed by atoms with van der Waals surface area (Å²) in [6, 6.07) is 8.18. The summed E-state index contributed by atoms with van der Waals surface area (Å²) < 4.78 is 6.42. The van der Waals surface area contributed by atoms with Crippen LogP contribution in [-0.2, 0) is 0 Å². The number of ether oxygens (including phenoxy) is 1. The zero-order chi connectivity index (χ0) is 21.6. The monoisotopic (exact) mass is 401 g/mol. The number of aliphatic hydroxyl groups is 1. The Morgan fingerprint density at radius 3 is 2.76 bits per heavy atom. The molecular formula is C21H29N4O4+. The number of anilines is 2. The van der Waals surface area contributed by atoms with Gasteiger partial charge in [0.1, 0.15) is 5.75 Å². The maximum Gasteiger partial charge on any atom is 0.325 e. The molecule has 0 unspecified atom stereocenters. The van der Waals surface area contributed by atoms with Crippen LogP contribution in [0.2, 0.25) is 0 Å². The lowest BCUT2D eigenvalue weighted by Crippen LogP contribution is -2.42. The first-order valence-corrected chi connectivity index (χ1v) is 9.43. The highest BCUT2D eigenvalue weighted by Gasteiger charge is 2.23. The molecule has 0 fully saturated rings. The van der Waals surface area contributed by atoms with Crippen molar-refractivity contribution in [3.63, 3.8) is 0 Å². The van der Waals surface area contributed by atoms with Crippen molar-refractivity contribution >= 4 is 23.5 Å². The number of nitrogens with one attached hydrogen (secondary N) is 1. The van der Waals surface area contributed by atoms with E-state index < -0.39 is 11.5 Å². The molecule has 1 aromatic heterocycles. The van der Waals surface area contributed by atoms with Crippen LogP contribution >= 0.6 is 0 Å². The first-order chi connectivity index (χ1) is 13.6. The number of hydrogen-bond acceptors (Lipinski definition) is 6. The summed E-state index contributed by atoms with van der Waals surface area (Å²) in [5.74, 6) is -0.0732. The van der Waals surface area contributed by atoms with Crippen molar-refractivity contribution in [3.8, 4) is 5.75 Å². The van der Waals surface area contributed by atoms with E-state index in [0.717, 1.165) is 4.73 Å². The Morgan fingerprint density at radius 1 is 1.38 bits per heavy atom. The molecule has 0 saturated carbocycles. The van der Waals surface area contributed by atoms with E-state index in [1.165, 1.54) is 6.07 Å². The molecule has 8 nitrogen and oxygen atoms in total. The Kier molecular flexibility index (Phi) is 7.17. The molecule has 156 valence electrons. The number of nitrogens with zero attached hydrogens (tertiary/aromatic N) is 2. The van der Waals surface area contributed by atoms with E-state index in [2.05, 4.69) is 10.3 Å². The van der Waals surface area contributed by atoms with E-state index in [4.69, 9.17) is 10.5 Å². The summed E-state index contributed by atoms with van der Waals surface area (Å²) in [7, 11) is 0. The van der Waals surface area contributed by atoms with Gasteiger partial charge >= 0.3 is 11.6 Å². The van der Waals surface area contributed by atoms with Crippen LogP contribution in [0.25, 0.3) is 0 Å². The number of carbonyl (C=O) groups is 1. The zero-order valence-corrected chi connectivity index (χ0v) is 17.3. The molecule has 0 aliphatic carbocycles. The normalized spacial score (nSPS) is 11.6. The number of benzene rings is 1. The van der Waals surface area contributed by atoms with Crippen molar-refractivity contribution in [2.75, 3.05) is 24.2 Å². The van der Waals surface area contributed by atoms with E-state index in [0.29, 0.717) is 48.0 Å². The minimum atomic E-state index is -0.797. The molecule has 0 spiro atoms. The lowest BCUT2D eigenvalue weighted by Gasteiger charge is -2.15. The van der Waals surface area contributed by atoms with Gasteiger partial charge in [-0.05, 0) is 39.3 Å². The van der Waals surface area contributed by atoms with Gasteiger partial charge < -0.3 is 20.9 Å². The number of amides is 1. The number of nitrogens with two attached hydrogens (primary N) is 1. The summed E-state index contributed by atoms with van der Waals surface area (Å²) >= 11 is 0. The van der Waals surface area contributed by atoms with E-state index in [9.17, 15) is 15.1 Å². The molecule has 2 rings (SSSR count). The van der Waals surface area contributed by atoms with Crippen LogP contribution in [0, 0.1) is 6.92 Å². The Hall–Kier alpha value is -3.13. The van der Waals surface area contributed by atoms with Crippen molar-refractivity contribution < 1.29 is 24.6 Å². The van der Waals surface area contributed by atoms with Gasteiger partial charge in [-0.15, -0.1) is 0 Å². The van der Waals surface area contributed by atoms with Crippen molar-refractivity contribution in [1.29, 1.82) is 0 Å². The Morgan fingerprint density at radius 2 is 2.10 bits per heavy atom. The minimum absolute atomic E-state index is 0.0877. The molecule has 0 radical (unpaired) electrons. The second-order valence-corrected chi connectivity index (χ2v) is 7.33. The maximum absolute atomic E-state index is 12.7. The molecule has 1 heterocycles. The standard InChI is InChI=1S/C21H28N4O4/c1-5-29-19-12-16(22)15(13-23-10-9-21(3,4)27)11-17(19)24-20(26)18-8-6-7-14(2)25(18)28/h6-8,11-13,22,26-28H,5,9-10H2,1-4H3/p+1. The molecule has 29 heavy (non-hydrogen) atoms. The van der Waals surface area contributed by atoms with E-state index in [1.54, 1.807) is 51.3 Å². The minimum Gasteiger partial charge on any atom is -0.492 e. The number of rotatable bonds is 8. The fourth-order valence-electron chi connectivity index (χ4n) is 2.57. The third-order valence-corrected chi connectivity index (χ3v) is 4.20. The SMILES string of the molecule is CCOc1cc(N)c(C=NCCC(C)(C)O)cc1NC(=O)c1cccc(C)[n+]1O. The largest absolute Gasteiger partial charge is 0.492 e. The van der Waals surface area contributed by atoms with Crippen LogP contribution < -0.4 is 20.5 Å². The first-order valence-electron chi connectivity index (χ1n) is 9.43. The maximum atomic E-state index is 12.7. The Balaban J connectivity index is 2.30. The third-order valence-electron chi connectivity index (χ3n) is 4.20. The van der Waals surface area contributed by atoms with Gasteiger partial charge in [-0.2, -0.15) is 0 Å². The number of nitrogen functional groups attached to an aromatic ring is 1. The fourth-order valence-corrected chi connectivity index (χ4v) is 2.57. The van der Waals surface area contributed by atoms with Crippen molar-refractivity contribution in [2.24, 2.45) is 4.99 Å². The molecular weight excluding hydrogens is 372 g/mol. The molecule has 0 atom stereocenters. The number of hydrogen-bond donors (Lipinski definition) is 4. The van der Waals surface area contributed by atoms with Crippen LogP contribution in [0.15, 0.2) is 35.3 Å². The van der Waals surface area contributed by atoms with Gasteiger partial charge in [0.2, 0.25) is 5.69 Å². The van der Waals surface area contributed by atoms with Crippen LogP contribution in [-0.4, -0.2) is 41.2 Å². The number of aryl methyl sites for hydroxylation is 1. The highest BCUT2D eigenvalue weighted by molar-refractivity contribution is 6.04. The van der Waals surface area contributed by atoms with Crippen LogP contribution in [0.3, 0.4) is 0 Å². The van der Waals surface area contributed by atoms with Crippen LogP contribution in [0.5, 0.6) is 5.75 Å². The topological polar surface area (TPSA) is 121 Å². The van der Waals surface area contributed by atoms with Gasteiger partial charge in [0, 0.05) is 53.9 Å². The molecule has 0 bridgehead atoms. The van der Waals surface area contributed by atoms with Crippen molar-refractivity contribution in [2.45, 2.75) is 39.7 Å². The molecule has 0 aliphatic heterocycles. The molecule has 2 aromatic rings. The number of aromatic nitrogens is 1. The van der Waals surface area contributed by atoms with Crippen molar-refractivity contribution in [1.82, 2.24) is 0 Å².